The summed E-state index contributed by atoms with van der Waals surface area (Å²) in [5, 5.41) is 48.4. The molecule has 36 heteroatoms. The average molecular weight is 1770 g/mol. The normalized spacial score (nSPS) is 11.1. The fourth-order valence-corrected chi connectivity index (χ4v) is 10.7. The van der Waals surface area contributed by atoms with E-state index >= 15 is 0 Å². The first-order chi connectivity index (χ1) is 57.4. The Kier molecular flexibility index (Phi) is 39.2. The first kappa shape index (κ1) is 96.2. The molecule has 0 aliphatic rings. The van der Waals surface area contributed by atoms with Crippen LogP contribution in [0.3, 0.4) is 0 Å². The number of pyridine rings is 5. The monoisotopic (exact) mass is 1770 g/mol. The summed E-state index contributed by atoms with van der Waals surface area (Å²) in [6.45, 7) is 29.8. The molecule has 0 aromatic carbocycles. The molecule has 0 saturated carbocycles. The summed E-state index contributed by atoms with van der Waals surface area (Å²) < 4.78 is 31.2. The fraction of sp³-hybridized carbons (Fsp3) is 0.381. The highest BCUT2D eigenvalue weighted by molar-refractivity contribution is 9.10. The van der Waals surface area contributed by atoms with E-state index in [-0.39, 0.29) is 85.4 Å². The van der Waals surface area contributed by atoms with Crippen LogP contribution in [0.15, 0.2) is 102 Å². The van der Waals surface area contributed by atoms with Crippen LogP contribution in [0.2, 0.25) is 0 Å². The van der Waals surface area contributed by atoms with Gasteiger partial charge in [0.1, 0.15) is 60.8 Å². The lowest BCUT2D eigenvalue weighted by Crippen LogP contribution is -2.24. The van der Waals surface area contributed by atoms with Crippen LogP contribution in [0, 0.1) is 42.9 Å². The van der Waals surface area contributed by atoms with Gasteiger partial charge in [0.15, 0.2) is 57.8 Å². The van der Waals surface area contributed by atoms with Gasteiger partial charge in [0.05, 0.1) is 56.8 Å². The number of carbonyl (C=O) groups is 1. The number of ketones is 1. The Balaban J connectivity index is 0.000000233. The van der Waals surface area contributed by atoms with Gasteiger partial charge >= 0.3 is 0 Å². The number of nitrogen functional groups attached to an aromatic ring is 3. The quantitative estimate of drug-likeness (QED) is 0.0132. The molecule has 0 amide bonds. The van der Waals surface area contributed by atoms with Crippen molar-refractivity contribution in [2.24, 2.45) is 5.92 Å². The van der Waals surface area contributed by atoms with E-state index in [0.717, 1.165) is 57.6 Å². The molecule has 636 valence electrons. The smallest absolute Gasteiger partial charge is 0.225 e. The molecule has 10 aromatic heterocycles. The lowest BCUT2D eigenvalue weighted by molar-refractivity contribution is -0.115. The highest BCUT2D eigenvalue weighted by atomic mass is 79.9. The largest absolute Gasteiger partial charge is 0.451 e. The lowest BCUT2D eigenvalue weighted by Gasteiger charge is -2.16. The van der Waals surface area contributed by atoms with Gasteiger partial charge < -0.3 is 93.4 Å². The number of rotatable bonds is 34. The minimum absolute atomic E-state index is 0.000780. The van der Waals surface area contributed by atoms with Crippen LogP contribution in [0.5, 0.6) is 57.5 Å². The summed E-state index contributed by atoms with van der Waals surface area (Å²) in [4.78, 5) is 74.3. The molecular weight excluding hydrogens is 1660 g/mol. The van der Waals surface area contributed by atoms with E-state index < -0.39 is 0 Å². The van der Waals surface area contributed by atoms with E-state index in [4.69, 9.17) is 70.4 Å². The second-order valence-corrected chi connectivity index (χ2v) is 29.6. The van der Waals surface area contributed by atoms with Crippen LogP contribution >= 0.6 is 31.9 Å². The Morgan fingerprint density at radius 3 is 1.21 bits per heavy atom. The molecule has 10 rings (SSSR count). The number of carbonyl (C=O) groups excluding carboxylic acids is 1. The van der Waals surface area contributed by atoms with Gasteiger partial charge in [-0.1, -0.05) is 108 Å². The molecule has 0 fully saturated rings. The zero-order valence-electron chi connectivity index (χ0n) is 70.3. The van der Waals surface area contributed by atoms with Crippen LogP contribution in [0.1, 0.15) is 184 Å². The molecule has 0 saturated heterocycles. The number of nitrogens with zero attached hydrogens (tertiary/aromatic N) is 15. The van der Waals surface area contributed by atoms with Gasteiger partial charge in [-0.15, -0.1) is 19.3 Å². The van der Waals surface area contributed by atoms with Crippen molar-refractivity contribution in [3.63, 3.8) is 0 Å². The number of hydrogen-bond acceptors (Lipinski definition) is 34. The molecular formula is C84H107Br2N25O9. The van der Waals surface area contributed by atoms with Gasteiger partial charge in [0.2, 0.25) is 29.7 Å². The highest BCUT2D eigenvalue weighted by Crippen LogP contribution is 2.40. The Morgan fingerprint density at radius 1 is 0.433 bits per heavy atom. The summed E-state index contributed by atoms with van der Waals surface area (Å²) in [7, 11) is 3.56. The lowest BCUT2D eigenvalue weighted by atomic mass is 10.0. The molecule has 10 heterocycles. The zero-order chi connectivity index (χ0) is 88.1. The Bertz CT molecular complexity index is 5120. The van der Waals surface area contributed by atoms with Crippen LogP contribution in [-0.4, -0.2) is 162 Å². The van der Waals surface area contributed by atoms with Gasteiger partial charge in [-0.25, -0.2) is 49.8 Å². The van der Waals surface area contributed by atoms with Gasteiger partial charge in [-0.05, 0) is 87.1 Å². The topological polar surface area (TPSA) is 480 Å². The van der Waals surface area contributed by atoms with E-state index in [1.54, 1.807) is 69.5 Å². The molecule has 0 radical (unpaired) electrons. The van der Waals surface area contributed by atoms with Crippen molar-refractivity contribution in [3.8, 4) is 94.5 Å². The van der Waals surface area contributed by atoms with E-state index in [2.05, 4.69) is 196 Å². The third kappa shape index (κ3) is 30.1. The van der Waals surface area contributed by atoms with Crippen LogP contribution < -0.4 is 78.1 Å². The fourth-order valence-electron chi connectivity index (χ4n) is 10.1. The van der Waals surface area contributed by atoms with Crippen molar-refractivity contribution in [1.82, 2.24) is 74.8 Å². The van der Waals surface area contributed by atoms with Gasteiger partial charge in [-0.2, -0.15) is 24.9 Å². The van der Waals surface area contributed by atoms with Crippen LogP contribution in [0.25, 0.3) is 0 Å². The second kappa shape index (κ2) is 48.9. The molecule has 0 aliphatic heterocycles. The van der Waals surface area contributed by atoms with Crippen molar-refractivity contribution in [3.05, 3.63) is 146 Å². The number of nitrogens with one attached hydrogen (secondary N) is 7. The predicted molar refractivity (Wildman–Crippen MR) is 477 cm³/mol. The molecule has 0 aliphatic carbocycles. The molecule has 120 heavy (non-hydrogen) atoms. The van der Waals surface area contributed by atoms with Crippen molar-refractivity contribution in [2.75, 3.05) is 115 Å². The Hall–Kier alpha value is -12.7. The van der Waals surface area contributed by atoms with E-state index in [9.17, 15) is 9.90 Å². The highest BCUT2D eigenvalue weighted by Gasteiger charge is 2.22. The number of Topliss-reactive ketones (excluding diaryl/α,β-unsaturated/α-hetero) is 1. The molecule has 0 bridgehead atoms. The summed E-state index contributed by atoms with van der Waals surface area (Å²) >= 11 is 6.75. The van der Waals surface area contributed by atoms with Crippen molar-refractivity contribution in [1.29, 1.82) is 0 Å². The molecule has 2 unspecified atom stereocenters. The average Bonchev–Trinajstić information content (AvgIpc) is 0.841. The maximum absolute atomic E-state index is 11.2. The number of aliphatic hydroxyl groups is 3. The summed E-state index contributed by atoms with van der Waals surface area (Å²) in [5.74, 6) is 17.7. The summed E-state index contributed by atoms with van der Waals surface area (Å²) in [6, 6.07) is 8.62. The molecule has 34 nitrogen and oxygen atoms in total. The molecule has 16 N–H and O–H groups in total. The number of halogens is 2. The number of terminal acetylenes is 3. The van der Waals surface area contributed by atoms with Crippen molar-refractivity contribution in [2.45, 2.75) is 145 Å². The number of aliphatic hydroxyl groups excluding tert-OH is 3. The van der Waals surface area contributed by atoms with E-state index in [1.165, 1.54) is 25.5 Å². The minimum atomic E-state index is -0.128. The number of hydrogen-bond donors (Lipinski definition) is 13. The predicted octanol–water partition coefficient (Wildman–Crippen LogP) is 14.7. The van der Waals surface area contributed by atoms with Gasteiger partial charge in [0.25, 0.3) is 0 Å². The molecule has 10 aromatic rings. The summed E-state index contributed by atoms with van der Waals surface area (Å²) in [6.07, 6.45) is 34.4. The first-order valence-electron chi connectivity index (χ1n) is 38.5. The zero-order valence-corrected chi connectivity index (χ0v) is 73.5. The third-order valence-electron chi connectivity index (χ3n) is 16.8. The van der Waals surface area contributed by atoms with Crippen molar-refractivity contribution < 1.29 is 43.8 Å². The number of ether oxygens (including phenoxy) is 5. The van der Waals surface area contributed by atoms with Crippen molar-refractivity contribution >= 4 is 96.5 Å². The first-order valence-corrected chi connectivity index (χ1v) is 40.1. The van der Waals surface area contributed by atoms with E-state index in [0.29, 0.717) is 134 Å². The second-order valence-electron chi connectivity index (χ2n) is 28.0. The Labute approximate surface area is 717 Å². The SMILES string of the molecule is C#Cc1cc(Oc2cnc(N)nc2NCC(C)=O)c(C(C)C)cn1.C#Cc1cc(Oc2cnc(NC(CC)CO)nc2N)c(C(C)C)cn1.C#Cc1cc(Oc2cnc(NCC(C)CO)nc2N)c(C(C)C)cn1.CCCNc1ncc(Oc2cc(Br)ncc2C(C)C)c(NCCO)n1.CNc1ncc(Oc2cc(Br)ncc2C(C)C)c(NC)n1. The Morgan fingerprint density at radius 2 is 0.817 bits per heavy atom. The maximum Gasteiger partial charge on any atom is 0.225 e. The summed E-state index contributed by atoms with van der Waals surface area (Å²) in [5.41, 5.74) is 23.7. The van der Waals surface area contributed by atoms with Crippen LogP contribution in [0.4, 0.5) is 58.8 Å². The van der Waals surface area contributed by atoms with Gasteiger partial charge in [0, 0.05) is 129 Å². The maximum atomic E-state index is 11.2. The molecule has 0 spiro atoms. The van der Waals surface area contributed by atoms with Crippen LogP contribution in [-0.2, 0) is 4.79 Å². The standard InChI is InChI=1S/2C18H23N5O2.C17H24BrN5O2.C17H19N5O2.C14H18BrN5O/c1-5-13-6-15(14(8-20-13)11(2)3)25-16-9-22-18(23-17(16)19)21-7-12(4)10-24;1-5-12-7-15(14(8-20-12)11(3)4)25-16-9-21-18(23-17(16)19)22-13(6-2)10-24;1-4-5-20-17-22-10-14(16(23-17)19-6-7-24)25-13-8-15(18)21-9-12(13)11(2)3;1-5-12-6-14(13(8-19-12)10(2)3)24-15-9-21-17(18)22-16(15)20-7-11(4)23;1-8(2)9-6-18-12(15)5-10(9)21-11-7-19-14(17-4)20-13(11)16-3/h1,6,8-9,11-12,24H,7,10H2,2-4H3,(H3,19,21,22,23);1,7-9,11,13,24H,6,10H2,2-4H3,(H3,19,21,22,23);8-11,24H,4-7H2,1-3H3,(H2,19,20,22,23);1,6,8-10H,7H2,2-4H3,(H3,18,20,21,22);5-8H,1-4H3,(H2,16,17,19,20). The van der Waals surface area contributed by atoms with Gasteiger partial charge in [-0.3, -0.25) is 4.79 Å². The number of aromatic nitrogens is 15. The third-order valence-corrected chi connectivity index (χ3v) is 17.6. The number of nitrogens with two attached hydrogens (primary N) is 3. The number of anilines is 10. The molecule has 2 atom stereocenters. The van der Waals surface area contributed by atoms with E-state index in [1.807, 2.05) is 73.7 Å². The minimum Gasteiger partial charge on any atom is -0.451 e.